The Morgan fingerprint density at radius 1 is 1.28 bits per heavy atom. The average Bonchev–Trinajstić information content (AvgIpc) is 2.94. The van der Waals surface area contributed by atoms with E-state index in [9.17, 15) is 4.79 Å². The first kappa shape index (κ1) is 11.8. The molecule has 0 spiro atoms. The summed E-state index contributed by atoms with van der Waals surface area (Å²) in [6, 6.07) is 7.23. The molecule has 0 radical (unpaired) electrons. The number of rotatable bonds is 2. The van der Waals surface area contributed by atoms with Gasteiger partial charge in [0.15, 0.2) is 5.76 Å². The highest BCUT2D eigenvalue weighted by Gasteiger charge is 2.38. The van der Waals surface area contributed by atoms with E-state index < -0.39 is 0 Å². The first-order valence-corrected chi connectivity index (χ1v) is 6.70. The van der Waals surface area contributed by atoms with Crippen molar-refractivity contribution >= 4 is 28.4 Å². The van der Waals surface area contributed by atoms with E-state index in [-0.39, 0.29) is 11.2 Å². The third-order valence-electron chi connectivity index (χ3n) is 3.96. The predicted octanol–water partition coefficient (Wildman–Crippen LogP) is 4.85. The van der Waals surface area contributed by atoms with Gasteiger partial charge in [-0.25, -0.2) is 0 Å². The number of ketones is 1. The summed E-state index contributed by atoms with van der Waals surface area (Å²) < 4.78 is 5.65. The lowest BCUT2D eigenvalue weighted by molar-refractivity contribution is 0.0795. The summed E-state index contributed by atoms with van der Waals surface area (Å²) in [6.07, 6.45) is 4.19. The molecule has 0 atom stereocenters. The van der Waals surface area contributed by atoms with E-state index in [1.54, 1.807) is 6.07 Å². The minimum atomic E-state index is -0.238. The van der Waals surface area contributed by atoms with Gasteiger partial charge in [-0.05, 0) is 37.1 Å². The predicted molar refractivity (Wildman–Crippen MR) is 72.1 cm³/mol. The fourth-order valence-corrected chi connectivity index (χ4v) is 2.99. The Balaban J connectivity index is 2.01. The maximum atomic E-state index is 12.5. The van der Waals surface area contributed by atoms with E-state index in [0.717, 1.165) is 36.7 Å². The van der Waals surface area contributed by atoms with Crippen LogP contribution in [0.1, 0.15) is 43.2 Å². The van der Waals surface area contributed by atoms with Crippen LogP contribution in [0.25, 0.3) is 11.0 Å². The second-order valence-electron chi connectivity index (χ2n) is 5.39. The van der Waals surface area contributed by atoms with Crippen LogP contribution in [0.5, 0.6) is 0 Å². The molecule has 2 aromatic rings. The highest BCUT2D eigenvalue weighted by atomic mass is 35.5. The van der Waals surface area contributed by atoms with Gasteiger partial charge in [-0.1, -0.05) is 31.4 Å². The second kappa shape index (κ2) is 4.13. The summed E-state index contributed by atoms with van der Waals surface area (Å²) >= 11 is 5.94. The number of hydrogen-bond donors (Lipinski definition) is 0. The number of benzene rings is 1. The number of carbonyl (C=O) groups is 1. The molecular weight excluding hydrogens is 248 g/mol. The van der Waals surface area contributed by atoms with Crippen LogP contribution < -0.4 is 0 Å². The number of halogens is 1. The fraction of sp³-hybridized carbons (Fsp3) is 0.400. The normalized spacial score (nSPS) is 18.3. The largest absolute Gasteiger partial charge is 0.453 e. The molecule has 1 fully saturated rings. The van der Waals surface area contributed by atoms with Crippen molar-refractivity contribution < 1.29 is 9.21 Å². The van der Waals surface area contributed by atoms with Gasteiger partial charge in [-0.3, -0.25) is 4.79 Å². The number of hydrogen-bond acceptors (Lipinski definition) is 2. The lowest BCUT2D eigenvalue weighted by atomic mass is 9.83. The molecule has 0 N–H and O–H groups in total. The Bertz CT molecular complexity index is 606. The van der Waals surface area contributed by atoms with Crippen LogP contribution in [0.2, 0.25) is 5.02 Å². The molecule has 1 heterocycles. The van der Waals surface area contributed by atoms with Gasteiger partial charge in [0.25, 0.3) is 0 Å². The molecule has 3 rings (SSSR count). The highest BCUT2D eigenvalue weighted by molar-refractivity contribution is 6.31. The van der Waals surface area contributed by atoms with E-state index in [0.29, 0.717) is 10.8 Å². The Labute approximate surface area is 111 Å². The SMILES string of the molecule is CC1(C(=O)c2cc3cc(Cl)ccc3o2)CCCC1. The molecule has 18 heavy (non-hydrogen) atoms. The van der Waals surface area contributed by atoms with Crippen molar-refractivity contribution in [1.82, 2.24) is 0 Å². The van der Waals surface area contributed by atoms with Crippen LogP contribution in [-0.4, -0.2) is 5.78 Å². The van der Waals surface area contributed by atoms with Crippen LogP contribution in [-0.2, 0) is 0 Å². The van der Waals surface area contributed by atoms with Gasteiger partial charge >= 0.3 is 0 Å². The van der Waals surface area contributed by atoms with E-state index in [1.807, 2.05) is 25.1 Å². The molecule has 1 aliphatic carbocycles. The van der Waals surface area contributed by atoms with Gasteiger partial charge in [0.05, 0.1) is 0 Å². The van der Waals surface area contributed by atoms with Crippen molar-refractivity contribution in [3.63, 3.8) is 0 Å². The summed E-state index contributed by atoms with van der Waals surface area (Å²) in [6.45, 7) is 2.04. The molecule has 2 nitrogen and oxygen atoms in total. The first-order valence-electron chi connectivity index (χ1n) is 6.32. The van der Waals surface area contributed by atoms with Gasteiger partial charge in [-0.15, -0.1) is 0 Å². The Morgan fingerprint density at radius 3 is 2.72 bits per heavy atom. The molecule has 0 amide bonds. The van der Waals surface area contributed by atoms with Crippen LogP contribution in [0.4, 0.5) is 0 Å². The molecule has 1 aromatic carbocycles. The fourth-order valence-electron chi connectivity index (χ4n) is 2.81. The van der Waals surface area contributed by atoms with Crippen molar-refractivity contribution in [2.24, 2.45) is 5.41 Å². The minimum Gasteiger partial charge on any atom is -0.453 e. The van der Waals surface area contributed by atoms with E-state index in [2.05, 4.69) is 0 Å². The van der Waals surface area contributed by atoms with Crippen molar-refractivity contribution in [1.29, 1.82) is 0 Å². The van der Waals surface area contributed by atoms with Gasteiger partial charge < -0.3 is 4.42 Å². The molecule has 94 valence electrons. The van der Waals surface area contributed by atoms with Gasteiger partial charge in [0.1, 0.15) is 5.58 Å². The maximum Gasteiger partial charge on any atom is 0.203 e. The summed E-state index contributed by atoms with van der Waals surface area (Å²) in [4.78, 5) is 12.5. The quantitative estimate of drug-likeness (QED) is 0.724. The zero-order valence-electron chi connectivity index (χ0n) is 10.3. The standard InChI is InChI=1S/C15H15ClO2/c1-15(6-2-3-7-15)14(17)13-9-10-8-11(16)4-5-12(10)18-13/h4-5,8-9H,2-3,6-7H2,1H3. The van der Waals surface area contributed by atoms with Crippen molar-refractivity contribution in [2.75, 3.05) is 0 Å². The molecular formula is C15H15ClO2. The van der Waals surface area contributed by atoms with Gasteiger partial charge in [0, 0.05) is 15.8 Å². The lowest BCUT2D eigenvalue weighted by Gasteiger charge is -2.19. The number of furan rings is 1. The first-order chi connectivity index (χ1) is 8.58. The van der Waals surface area contributed by atoms with Gasteiger partial charge in [-0.2, -0.15) is 0 Å². The highest BCUT2D eigenvalue weighted by Crippen LogP contribution is 2.41. The monoisotopic (exact) mass is 262 g/mol. The third-order valence-corrected chi connectivity index (χ3v) is 4.19. The van der Waals surface area contributed by atoms with Crippen LogP contribution in [0.3, 0.4) is 0 Å². The van der Waals surface area contributed by atoms with Crippen LogP contribution in [0.15, 0.2) is 28.7 Å². The van der Waals surface area contributed by atoms with Crippen LogP contribution >= 0.6 is 11.6 Å². The lowest BCUT2D eigenvalue weighted by Crippen LogP contribution is -2.23. The molecule has 0 unspecified atom stereocenters. The number of Topliss-reactive ketones (excluding diaryl/α,β-unsaturated/α-hetero) is 1. The number of fused-ring (bicyclic) bond motifs is 1. The van der Waals surface area contributed by atoms with E-state index in [4.69, 9.17) is 16.0 Å². The molecule has 3 heteroatoms. The maximum absolute atomic E-state index is 12.5. The van der Waals surface area contributed by atoms with Crippen molar-refractivity contribution in [3.05, 3.63) is 35.0 Å². The molecule has 0 saturated heterocycles. The zero-order chi connectivity index (χ0) is 12.8. The van der Waals surface area contributed by atoms with Crippen molar-refractivity contribution in [3.8, 4) is 0 Å². The molecule has 1 saturated carbocycles. The summed E-state index contributed by atoms with van der Waals surface area (Å²) in [5, 5.41) is 1.56. The Kier molecular flexibility index (Phi) is 2.70. The smallest absolute Gasteiger partial charge is 0.203 e. The summed E-state index contributed by atoms with van der Waals surface area (Å²) in [5.41, 5.74) is 0.488. The average molecular weight is 263 g/mol. The Morgan fingerprint density at radius 2 is 2.00 bits per heavy atom. The van der Waals surface area contributed by atoms with Crippen LogP contribution in [0, 0.1) is 5.41 Å². The molecule has 0 aliphatic heterocycles. The van der Waals surface area contributed by atoms with Crippen molar-refractivity contribution in [2.45, 2.75) is 32.6 Å². The third kappa shape index (κ3) is 1.85. The second-order valence-corrected chi connectivity index (χ2v) is 5.83. The summed E-state index contributed by atoms with van der Waals surface area (Å²) in [5.74, 6) is 0.601. The molecule has 1 aliphatic rings. The minimum absolute atomic E-state index is 0.132. The van der Waals surface area contributed by atoms with E-state index >= 15 is 0 Å². The zero-order valence-corrected chi connectivity index (χ0v) is 11.1. The Hall–Kier alpha value is -1.28. The molecule has 1 aromatic heterocycles. The topological polar surface area (TPSA) is 30.2 Å². The molecule has 0 bridgehead atoms. The number of carbonyl (C=O) groups excluding carboxylic acids is 1. The summed E-state index contributed by atoms with van der Waals surface area (Å²) in [7, 11) is 0. The van der Waals surface area contributed by atoms with E-state index in [1.165, 1.54) is 0 Å². The van der Waals surface area contributed by atoms with Gasteiger partial charge in [0.2, 0.25) is 5.78 Å².